The van der Waals surface area contributed by atoms with Crippen molar-refractivity contribution in [1.82, 2.24) is 0 Å². The Morgan fingerprint density at radius 2 is 1.58 bits per heavy atom. The summed E-state index contributed by atoms with van der Waals surface area (Å²) in [6, 6.07) is 20.5. The van der Waals surface area contributed by atoms with Crippen LogP contribution in [0.4, 0.5) is 5.69 Å². The number of nitrogens with zero attached hydrogens (tertiary/aromatic N) is 1. The van der Waals surface area contributed by atoms with Gasteiger partial charge in [0.2, 0.25) is 0 Å². The molecular weight excluding hydrogens is 292 g/mol. The van der Waals surface area contributed by atoms with Crippen LogP contribution in [0.1, 0.15) is 37.3 Å². The number of anilines is 1. The first-order valence-electron chi connectivity index (χ1n) is 9.36. The van der Waals surface area contributed by atoms with Gasteiger partial charge in [0, 0.05) is 18.3 Å². The fourth-order valence-corrected chi connectivity index (χ4v) is 3.90. The molecule has 2 aromatic rings. The highest BCUT2D eigenvalue weighted by Gasteiger charge is 2.27. The summed E-state index contributed by atoms with van der Waals surface area (Å²) in [7, 11) is 0. The van der Waals surface area contributed by atoms with E-state index in [9.17, 15) is 0 Å². The molecule has 1 aliphatic rings. The molecule has 0 saturated carbocycles. The zero-order valence-electron chi connectivity index (χ0n) is 14.8. The van der Waals surface area contributed by atoms with Crippen molar-refractivity contribution < 1.29 is 0 Å². The Kier molecular flexibility index (Phi) is 5.92. The largest absolute Gasteiger partial charge is 0.368 e. The zero-order valence-corrected chi connectivity index (χ0v) is 14.8. The summed E-state index contributed by atoms with van der Waals surface area (Å²) in [6.45, 7) is 4.33. The predicted molar refractivity (Wildman–Crippen MR) is 103 cm³/mol. The normalized spacial score (nSPS) is 15.2. The van der Waals surface area contributed by atoms with Crippen molar-refractivity contribution in [2.24, 2.45) is 11.7 Å². The molecule has 0 aliphatic heterocycles. The Bertz CT molecular complexity index is 598. The van der Waals surface area contributed by atoms with Gasteiger partial charge in [-0.2, -0.15) is 0 Å². The molecular formula is C22H30N2. The minimum atomic E-state index is 0.585. The van der Waals surface area contributed by atoms with E-state index in [1.54, 1.807) is 0 Å². The van der Waals surface area contributed by atoms with Crippen molar-refractivity contribution in [2.45, 2.75) is 45.1 Å². The standard InChI is InChI=1S/C22H30N2/c1-18(9-7-8-14-23)17-24(21-12-3-2-4-13-21)22-15-19-10-5-6-11-20(19)16-22/h2-6,10-13,18,22H,7-9,14-17,23H2,1H3. The van der Waals surface area contributed by atoms with Gasteiger partial charge in [0.1, 0.15) is 0 Å². The van der Waals surface area contributed by atoms with Gasteiger partial charge in [-0.1, -0.05) is 55.8 Å². The average molecular weight is 322 g/mol. The fraction of sp³-hybridized carbons (Fsp3) is 0.455. The number of hydrogen-bond acceptors (Lipinski definition) is 2. The molecule has 24 heavy (non-hydrogen) atoms. The van der Waals surface area contributed by atoms with Crippen LogP contribution >= 0.6 is 0 Å². The smallest absolute Gasteiger partial charge is 0.0370 e. The molecule has 3 rings (SSSR count). The summed E-state index contributed by atoms with van der Waals surface area (Å²) in [4.78, 5) is 2.65. The van der Waals surface area contributed by atoms with E-state index in [0.29, 0.717) is 12.0 Å². The Hall–Kier alpha value is -1.80. The second-order valence-electron chi connectivity index (χ2n) is 7.21. The Morgan fingerprint density at radius 1 is 0.958 bits per heavy atom. The molecule has 0 heterocycles. The molecule has 0 aromatic heterocycles. The van der Waals surface area contributed by atoms with Crippen LogP contribution in [0.3, 0.4) is 0 Å². The summed E-state index contributed by atoms with van der Waals surface area (Å²) < 4.78 is 0. The SMILES string of the molecule is CC(CCCCN)CN(c1ccccc1)C1Cc2ccccc2C1. The van der Waals surface area contributed by atoms with Gasteiger partial charge in [0.05, 0.1) is 0 Å². The molecule has 128 valence electrons. The van der Waals surface area contributed by atoms with Crippen LogP contribution in [0.15, 0.2) is 54.6 Å². The maximum atomic E-state index is 5.64. The molecule has 2 N–H and O–H groups in total. The molecule has 0 saturated heterocycles. The minimum absolute atomic E-state index is 0.585. The predicted octanol–water partition coefficient (Wildman–Crippen LogP) is 4.43. The van der Waals surface area contributed by atoms with E-state index in [4.69, 9.17) is 5.73 Å². The zero-order chi connectivity index (χ0) is 16.8. The highest BCUT2D eigenvalue weighted by Crippen LogP contribution is 2.30. The minimum Gasteiger partial charge on any atom is -0.368 e. The number of fused-ring (bicyclic) bond motifs is 1. The number of rotatable bonds is 8. The molecule has 2 aromatic carbocycles. The van der Waals surface area contributed by atoms with Gasteiger partial charge in [-0.15, -0.1) is 0 Å². The van der Waals surface area contributed by atoms with Crippen LogP contribution in [0.2, 0.25) is 0 Å². The van der Waals surface area contributed by atoms with E-state index in [2.05, 4.69) is 66.4 Å². The van der Waals surface area contributed by atoms with Crippen molar-refractivity contribution in [3.05, 3.63) is 65.7 Å². The molecule has 1 aliphatic carbocycles. The van der Waals surface area contributed by atoms with E-state index in [0.717, 1.165) is 19.5 Å². The summed E-state index contributed by atoms with van der Waals surface area (Å²) in [5.41, 5.74) is 10.1. The van der Waals surface area contributed by atoms with Crippen molar-refractivity contribution in [3.63, 3.8) is 0 Å². The molecule has 2 heteroatoms. The molecule has 0 radical (unpaired) electrons. The monoisotopic (exact) mass is 322 g/mol. The third-order valence-electron chi connectivity index (χ3n) is 5.22. The van der Waals surface area contributed by atoms with Gasteiger partial charge < -0.3 is 10.6 Å². The van der Waals surface area contributed by atoms with E-state index < -0.39 is 0 Å². The first-order chi connectivity index (χ1) is 11.8. The molecule has 0 amide bonds. The quantitative estimate of drug-likeness (QED) is 0.729. The third-order valence-corrected chi connectivity index (χ3v) is 5.22. The van der Waals surface area contributed by atoms with Gasteiger partial charge in [0.25, 0.3) is 0 Å². The summed E-state index contributed by atoms with van der Waals surface area (Å²) in [6.07, 6.45) is 5.98. The highest BCUT2D eigenvalue weighted by molar-refractivity contribution is 5.49. The lowest BCUT2D eigenvalue weighted by Gasteiger charge is -2.33. The summed E-state index contributed by atoms with van der Waals surface area (Å²) >= 11 is 0. The van der Waals surface area contributed by atoms with Gasteiger partial charge in [0.15, 0.2) is 0 Å². The van der Waals surface area contributed by atoms with Crippen molar-refractivity contribution in [2.75, 3.05) is 18.0 Å². The Morgan fingerprint density at radius 3 is 2.21 bits per heavy atom. The molecule has 0 bridgehead atoms. The first-order valence-corrected chi connectivity index (χ1v) is 9.36. The highest BCUT2D eigenvalue weighted by atomic mass is 15.2. The van der Waals surface area contributed by atoms with E-state index in [1.807, 2.05) is 0 Å². The van der Waals surface area contributed by atoms with E-state index in [-0.39, 0.29) is 0 Å². The van der Waals surface area contributed by atoms with E-state index >= 15 is 0 Å². The lowest BCUT2D eigenvalue weighted by Crippen LogP contribution is -2.39. The number of benzene rings is 2. The molecule has 0 spiro atoms. The van der Waals surface area contributed by atoms with Gasteiger partial charge in [-0.05, 0) is 61.4 Å². The van der Waals surface area contributed by atoms with Crippen LogP contribution < -0.4 is 10.6 Å². The molecule has 0 fully saturated rings. The molecule has 1 unspecified atom stereocenters. The van der Waals surface area contributed by atoms with Crippen molar-refractivity contribution in [1.29, 1.82) is 0 Å². The fourth-order valence-electron chi connectivity index (χ4n) is 3.90. The van der Waals surface area contributed by atoms with Crippen molar-refractivity contribution in [3.8, 4) is 0 Å². The maximum Gasteiger partial charge on any atom is 0.0370 e. The summed E-state index contributed by atoms with van der Waals surface area (Å²) in [5, 5.41) is 0. The maximum absolute atomic E-state index is 5.64. The third kappa shape index (κ3) is 4.18. The Balaban J connectivity index is 1.72. The number of nitrogens with two attached hydrogens (primary N) is 1. The number of para-hydroxylation sites is 1. The van der Waals surface area contributed by atoms with Crippen LogP contribution in [0.5, 0.6) is 0 Å². The average Bonchev–Trinajstić information content (AvgIpc) is 3.04. The van der Waals surface area contributed by atoms with Crippen LogP contribution in [-0.2, 0) is 12.8 Å². The van der Waals surface area contributed by atoms with Gasteiger partial charge in [-0.3, -0.25) is 0 Å². The van der Waals surface area contributed by atoms with Crippen molar-refractivity contribution >= 4 is 5.69 Å². The van der Waals surface area contributed by atoms with Gasteiger partial charge in [-0.25, -0.2) is 0 Å². The second-order valence-corrected chi connectivity index (χ2v) is 7.21. The second kappa shape index (κ2) is 8.34. The van der Waals surface area contributed by atoms with E-state index in [1.165, 1.54) is 42.5 Å². The lowest BCUT2D eigenvalue weighted by atomic mass is 10.0. The summed E-state index contributed by atoms with van der Waals surface area (Å²) in [5.74, 6) is 0.695. The topological polar surface area (TPSA) is 29.3 Å². The number of unbranched alkanes of at least 4 members (excludes halogenated alkanes) is 1. The molecule has 2 nitrogen and oxygen atoms in total. The van der Waals surface area contributed by atoms with Gasteiger partial charge >= 0.3 is 0 Å². The van der Waals surface area contributed by atoms with Crippen LogP contribution in [-0.4, -0.2) is 19.1 Å². The Labute approximate surface area is 146 Å². The van der Waals surface area contributed by atoms with Crippen LogP contribution in [0.25, 0.3) is 0 Å². The lowest BCUT2D eigenvalue weighted by molar-refractivity contribution is 0.466. The van der Waals surface area contributed by atoms with Crippen LogP contribution in [0, 0.1) is 5.92 Å². The first kappa shape index (κ1) is 17.0. The number of hydrogen-bond donors (Lipinski definition) is 1. The molecule has 1 atom stereocenters.